The largest absolute Gasteiger partial charge is 0.465 e. The van der Waals surface area contributed by atoms with Gasteiger partial charge >= 0.3 is 11.9 Å². The molecule has 0 unspecified atom stereocenters. The zero-order chi connectivity index (χ0) is 31.2. The topological polar surface area (TPSA) is 52.6 Å². The zero-order valence-electron chi connectivity index (χ0n) is 28.9. The molecule has 0 aromatic carbocycles. The number of hydrogen-bond donors (Lipinski definition) is 2. The van der Waals surface area contributed by atoms with Crippen LogP contribution in [0.1, 0.15) is 194 Å². The van der Waals surface area contributed by atoms with Crippen molar-refractivity contribution >= 4 is 37.2 Å². The molecule has 254 valence electrons. The number of unbranched alkanes of at least 4 members (excludes halogenated alkanes) is 26. The van der Waals surface area contributed by atoms with Crippen LogP contribution in [-0.4, -0.2) is 36.7 Å². The first kappa shape index (κ1) is 47.7. The number of ether oxygens (including phenoxy) is 2. The summed E-state index contributed by atoms with van der Waals surface area (Å²) in [6.45, 7) is 5.68. The van der Waals surface area contributed by atoms with Gasteiger partial charge in [-0.15, -0.1) is 0 Å². The first-order chi connectivity index (χ1) is 20.6. The molecule has 0 bridgehead atoms. The second kappa shape index (κ2) is 44.4. The summed E-state index contributed by atoms with van der Waals surface area (Å²) in [5.41, 5.74) is 0. The Morgan fingerprint density at radius 1 is 0.372 bits per heavy atom. The van der Waals surface area contributed by atoms with Crippen molar-refractivity contribution in [3.63, 3.8) is 0 Å². The van der Waals surface area contributed by atoms with Crippen molar-refractivity contribution in [2.45, 2.75) is 194 Å². The van der Waals surface area contributed by atoms with Gasteiger partial charge in [-0.3, -0.25) is 9.59 Å². The summed E-state index contributed by atoms with van der Waals surface area (Å²) in [6, 6.07) is 0. The minimum absolute atomic E-state index is 0. The van der Waals surface area contributed by atoms with E-state index in [1.807, 2.05) is 0 Å². The molecule has 0 amide bonds. The summed E-state index contributed by atoms with van der Waals surface area (Å²) in [6.07, 6.45) is 37.7. The van der Waals surface area contributed by atoms with Gasteiger partial charge in [0.2, 0.25) is 0 Å². The molecular weight excluding hydrogens is 626 g/mol. The van der Waals surface area contributed by atoms with Gasteiger partial charge in [-0.05, 0) is 12.8 Å². The Bertz CT molecular complexity index is 491. The monoisotopic (exact) mass is 696 g/mol. The van der Waals surface area contributed by atoms with E-state index in [0.717, 1.165) is 12.8 Å². The van der Waals surface area contributed by atoms with E-state index >= 15 is 0 Å². The second-order valence-electron chi connectivity index (χ2n) is 11.9. The number of carbonyl (C=O) groups is 2. The maximum atomic E-state index is 10.8. The molecule has 0 spiro atoms. The molecule has 0 saturated heterocycles. The fraction of sp³-hybridized carbons (Fsp3) is 0.944. The smallest absolute Gasteiger partial charge is 0.315 e. The standard InChI is InChI=1S/2C18H36O2S.Zn/c2*1-2-3-4-5-6-7-8-9-10-11-12-13-14-15-16-20-18(19)17-21;/h2*21H,2-17H2,1H3;. The van der Waals surface area contributed by atoms with Crippen molar-refractivity contribution in [3.8, 4) is 0 Å². The molecule has 0 radical (unpaired) electrons. The Morgan fingerprint density at radius 2 is 0.558 bits per heavy atom. The summed E-state index contributed by atoms with van der Waals surface area (Å²) in [5.74, 6) is -0.0157. The van der Waals surface area contributed by atoms with Gasteiger partial charge in [-0.1, -0.05) is 181 Å². The third-order valence-corrected chi connectivity index (χ3v) is 8.30. The van der Waals surface area contributed by atoms with E-state index in [4.69, 9.17) is 9.47 Å². The summed E-state index contributed by atoms with van der Waals surface area (Å²) in [4.78, 5) is 21.7. The number of thiol groups is 2. The predicted octanol–water partition coefficient (Wildman–Crippen LogP) is 11.9. The first-order valence-electron chi connectivity index (χ1n) is 18.1. The van der Waals surface area contributed by atoms with Crippen LogP contribution in [0.4, 0.5) is 0 Å². The number of carbonyl (C=O) groups excluding carboxylic acids is 2. The third kappa shape index (κ3) is 46.8. The van der Waals surface area contributed by atoms with Gasteiger partial charge in [-0.2, -0.15) is 25.3 Å². The molecule has 43 heavy (non-hydrogen) atoms. The molecule has 4 nitrogen and oxygen atoms in total. The van der Waals surface area contributed by atoms with E-state index in [0.29, 0.717) is 13.2 Å². The first-order valence-corrected chi connectivity index (χ1v) is 19.4. The van der Waals surface area contributed by atoms with E-state index < -0.39 is 0 Å². The number of rotatable bonds is 32. The fourth-order valence-corrected chi connectivity index (χ4v) is 5.24. The van der Waals surface area contributed by atoms with Crippen LogP contribution >= 0.6 is 25.3 Å². The molecule has 0 aromatic rings. The van der Waals surface area contributed by atoms with Crippen molar-refractivity contribution in [1.82, 2.24) is 0 Å². The quantitative estimate of drug-likeness (QED) is 0.0318. The van der Waals surface area contributed by atoms with E-state index in [2.05, 4.69) is 39.1 Å². The molecule has 7 heteroatoms. The van der Waals surface area contributed by atoms with Crippen molar-refractivity contribution in [2.75, 3.05) is 24.7 Å². The molecule has 0 rings (SSSR count). The predicted molar refractivity (Wildman–Crippen MR) is 190 cm³/mol. The van der Waals surface area contributed by atoms with Crippen LogP contribution in [0, 0.1) is 0 Å². The van der Waals surface area contributed by atoms with Crippen LogP contribution in [0.5, 0.6) is 0 Å². The van der Waals surface area contributed by atoms with E-state index in [9.17, 15) is 9.59 Å². The van der Waals surface area contributed by atoms with Crippen molar-refractivity contribution in [1.29, 1.82) is 0 Å². The minimum Gasteiger partial charge on any atom is -0.465 e. The van der Waals surface area contributed by atoms with Gasteiger partial charge in [0, 0.05) is 19.5 Å². The summed E-state index contributed by atoms with van der Waals surface area (Å²) in [7, 11) is 0. The van der Waals surface area contributed by atoms with E-state index in [-0.39, 0.29) is 42.9 Å². The molecule has 0 atom stereocenters. The van der Waals surface area contributed by atoms with Gasteiger partial charge in [0.1, 0.15) is 0 Å². The Hall–Kier alpha value is 0.263. The van der Waals surface area contributed by atoms with Crippen molar-refractivity contribution < 1.29 is 38.5 Å². The Balaban J connectivity index is -0.000000727. The van der Waals surface area contributed by atoms with Gasteiger partial charge in [0.25, 0.3) is 0 Å². The summed E-state index contributed by atoms with van der Waals surface area (Å²) in [5, 5.41) is 0. The van der Waals surface area contributed by atoms with Crippen molar-refractivity contribution in [2.24, 2.45) is 0 Å². The maximum absolute atomic E-state index is 10.8. The molecule has 0 aliphatic rings. The van der Waals surface area contributed by atoms with E-state index in [1.165, 1.54) is 167 Å². The molecule has 0 heterocycles. The fourth-order valence-electron chi connectivity index (χ4n) is 5.06. The Morgan fingerprint density at radius 3 is 0.744 bits per heavy atom. The molecular formula is C36H72O4S2Zn. The van der Waals surface area contributed by atoms with E-state index in [1.54, 1.807) is 0 Å². The summed E-state index contributed by atoms with van der Waals surface area (Å²) >= 11 is 7.74. The van der Waals surface area contributed by atoms with Crippen LogP contribution in [0.15, 0.2) is 0 Å². The van der Waals surface area contributed by atoms with Gasteiger partial charge in [-0.25, -0.2) is 0 Å². The minimum atomic E-state index is -0.201. The second-order valence-corrected chi connectivity index (χ2v) is 12.6. The molecule has 0 fully saturated rings. The van der Waals surface area contributed by atoms with Gasteiger partial charge in [0.05, 0.1) is 24.7 Å². The molecule has 0 aliphatic heterocycles. The van der Waals surface area contributed by atoms with Crippen molar-refractivity contribution in [3.05, 3.63) is 0 Å². The van der Waals surface area contributed by atoms with Gasteiger partial charge in [0.15, 0.2) is 0 Å². The number of esters is 2. The average molecular weight is 698 g/mol. The molecule has 0 aromatic heterocycles. The SMILES string of the molecule is CCCCCCCCCCCCCCCCOC(=O)CS.CCCCCCCCCCCCCCCCOC(=O)CS.[Zn]. The van der Waals surface area contributed by atoms with Crippen LogP contribution in [0.25, 0.3) is 0 Å². The normalized spacial score (nSPS) is 10.5. The molecule has 0 saturated carbocycles. The maximum Gasteiger partial charge on any atom is 0.315 e. The van der Waals surface area contributed by atoms with Crippen LogP contribution in [0.2, 0.25) is 0 Å². The zero-order valence-corrected chi connectivity index (χ0v) is 33.6. The number of hydrogen-bond acceptors (Lipinski definition) is 6. The Kier molecular flexibility index (Phi) is 49.2. The Labute approximate surface area is 292 Å². The third-order valence-electron chi connectivity index (χ3n) is 7.78. The van der Waals surface area contributed by atoms with Crippen LogP contribution < -0.4 is 0 Å². The average Bonchev–Trinajstić information content (AvgIpc) is 3.01. The van der Waals surface area contributed by atoms with Crippen LogP contribution in [-0.2, 0) is 38.5 Å². The van der Waals surface area contributed by atoms with Gasteiger partial charge < -0.3 is 9.47 Å². The summed E-state index contributed by atoms with van der Waals surface area (Å²) < 4.78 is 9.97. The van der Waals surface area contributed by atoms with Crippen LogP contribution in [0.3, 0.4) is 0 Å². The molecule has 0 aliphatic carbocycles. The molecule has 0 N–H and O–H groups in total.